The van der Waals surface area contributed by atoms with Crippen molar-refractivity contribution in [1.29, 1.82) is 0 Å². The quantitative estimate of drug-likeness (QED) is 0.632. The molecule has 1 N–H and O–H groups in total. The molecule has 2 saturated heterocycles. The highest BCUT2D eigenvalue weighted by atomic mass is 16.5. The van der Waals surface area contributed by atoms with Crippen LogP contribution in [0.1, 0.15) is 44.6 Å². The molecule has 0 saturated carbocycles. The number of carbonyl (C=O) groups is 4. The van der Waals surface area contributed by atoms with Crippen LogP contribution in [0.4, 0.5) is 0 Å². The monoisotopic (exact) mass is 429 g/mol. The second-order valence-electron chi connectivity index (χ2n) is 8.13. The number of ether oxygens (including phenoxy) is 1. The Morgan fingerprint density at radius 1 is 1.10 bits per heavy atom. The van der Waals surface area contributed by atoms with E-state index in [9.17, 15) is 19.2 Å². The van der Waals surface area contributed by atoms with Crippen LogP contribution in [0.2, 0.25) is 0 Å². The van der Waals surface area contributed by atoms with Crippen molar-refractivity contribution in [2.75, 3.05) is 26.2 Å². The molecule has 0 aliphatic carbocycles. The molecule has 31 heavy (non-hydrogen) atoms. The highest BCUT2D eigenvalue weighted by Crippen LogP contribution is 2.21. The number of esters is 1. The summed E-state index contributed by atoms with van der Waals surface area (Å²) in [4.78, 5) is 52.2. The summed E-state index contributed by atoms with van der Waals surface area (Å²) in [5.41, 5.74) is 1.05. The van der Waals surface area contributed by atoms with Crippen LogP contribution >= 0.6 is 0 Å². The number of carbonyl (C=O) groups excluding carboxylic acids is 4. The van der Waals surface area contributed by atoms with Gasteiger partial charge in [0.25, 0.3) is 0 Å². The summed E-state index contributed by atoms with van der Waals surface area (Å²) in [7, 11) is 0. The van der Waals surface area contributed by atoms with Gasteiger partial charge in [0, 0.05) is 45.1 Å². The predicted octanol–water partition coefficient (Wildman–Crippen LogP) is 1.49. The van der Waals surface area contributed by atoms with Crippen molar-refractivity contribution in [2.24, 2.45) is 5.92 Å². The number of nitrogens with zero attached hydrogens (tertiary/aromatic N) is 2. The average molecular weight is 430 g/mol. The van der Waals surface area contributed by atoms with Gasteiger partial charge in [-0.2, -0.15) is 0 Å². The number of amides is 3. The van der Waals surface area contributed by atoms with Crippen LogP contribution in [-0.2, 0) is 30.5 Å². The molecule has 2 heterocycles. The Morgan fingerprint density at radius 2 is 1.81 bits per heavy atom. The lowest BCUT2D eigenvalue weighted by Gasteiger charge is -2.33. The van der Waals surface area contributed by atoms with Gasteiger partial charge in [-0.05, 0) is 25.3 Å². The minimum absolute atomic E-state index is 0.000109. The zero-order chi connectivity index (χ0) is 22.2. The van der Waals surface area contributed by atoms with Gasteiger partial charge >= 0.3 is 5.97 Å². The van der Waals surface area contributed by atoms with Gasteiger partial charge in [0.1, 0.15) is 0 Å². The first kappa shape index (κ1) is 22.8. The van der Waals surface area contributed by atoms with Gasteiger partial charge in [0.05, 0.1) is 18.9 Å². The molecule has 2 aliphatic rings. The molecule has 1 aromatic carbocycles. The fourth-order valence-corrected chi connectivity index (χ4v) is 4.10. The Labute approximate surface area is 182 Å². The third-order valence-electron chi connectivity index (χ3n) is 5.84. The van der Waals surface area contributed by atoms with Gasteiger partial charge in [-0.1, -0.05) is 30.3 Å². The summed E-state index contributed by atoms with van der Waals surface area (Å²) >= 11 is 0. The Balaban J connectivity index is 1.39. The minimum atomic E-state index is -0.356. The third-order valence-corrected chi connectivity index (χ3v) is 5.84. The number of nitrogens with one attached hydrogen (secondary N) is 1. The van der Waals surface area contributed by atoms with E-state index in [1.807, 2.05) is 30.3 Å². The van der Waals surface area contributed by atoms with Crippen molar-refractivity contribution in [3.63, 3.8) is 0 Å². The molecular weight excluding hydrogens is 398 g/mol. The van der Waals surface area contributed by atoms with E-state index >= 15 is 0 Å². The van der Waals surface area contributed by atoms with Crippen molar-refractivity contribution in [2.45, 2.75) is 51.6 Å². The predicted molar refractivity (Wildman–Crippen MR) is 114 cm³/mol. The van der Waals surface area contributed by atoms with Gasteiger partial charge in [0.15, 0.2) is 0 Å². The van der Waals surface area contributed by atoms with Crippen LogP contribution in [0.25, 0.3) is 0 Å². The van der Waals surface area contributed by atoms with Crippen LogP contribution in [0, 0.1) is 5.92 Å². The van der Waals surface area contributed by atoms with Gasteiger partial charge in [-0.15, -0.1) is 0 Å². The van der Waals surface area contributed by atoms with Crippen molar-refractivity contribution < 1.29 is 23.9 Å². The standard InChI is InChI=1S/C23H31N3O5/c1-2-31-22(29)9-8-20(27)25-12-10-19(11-13-25)24-23(30)18-14-21(28)26(16-18)15-17-6-4-3-5-7-17/h3-7,18-19H,2,8-16H2,1H3,(H,24,30). The maximum Gasteiger partial charge on any atom is 0.306 e. The van der Waals surface area contributed by atoms with Crippen LogP contribution in [0.5, 0.6) is 0 Å². The van der Waals surface area contributed by atoms with Crippen LogP contribution in [-0.4, -0.2) is 65.8 Å². The van der Waals surface area contributed by atoms with Crippen LogP contribution < -0.4 is 5.32 Å². The Kier molecular flexibility index (Phi) is 8.03. The molecule has 1 unspecified atom stereocenters. The molecular formula is C23H31N3O5. The van der Waals surface area contributed by atoms with Crippen LogP contribution in [0.3, 0.4) is 0 Å². The summed E-state index contributed by atoms with van der Waals surface area (Å²) in [6.45, 7) is 4.11. The fraction of sp³-hybridized carbons (Fsp3) is 0.565. The second kappa shape index (κ2) is 10.9. The maximum atomic E-state index is 12.7. The van der Waals surface area contributed by atoms with Crippen molar-refractivity contribution in [3.8, 4) is 0 Å². The molecule has 3 amide bonds. The lowest BCUT2D eigenvalue weighted by molar-refractivity contribution is -0.146. The molecule has 8 heteroatoms. The first-order valence-corrected chi connectivity index (χ1v) is 11.0. The van der Waals surface area contributed by atoms with Crippen molar-refractivity contribution in [3.05, 3.63) is 35.9 Å². The van der Waals surface area contributed by atoms with E-state index in [2.05, 4.69) is 5.32 Å². The van der Waals surface area contributed by atoms with E-state index < -0.39 is 0 Å². The lowest BCUT2D eigenvalue weighted by Crippen LogP contribution is -2.48. The van der Waals surface area contributed by atoms with Crippen molar-refractivity contribution >= 4 is 23.7 Å². The van der Waals surface area contributed by atoms with E-state index in [-0.39, 0.29) is 54.9 Å². The molecule has 0 aromatic heterocycles. The maximum absolute atomic E-state index is 12.7. The number of hydrogen-bond donors (Lipinski definition) is 1. The summed E-state index contributed by atoms with van der Waals surface area (Å²) in [5, 5.41) is 3.06. The molecule has 0 bridgehead atoms. The third kappa shape index (κ3) is 6.54. The van der Waals surface area contributed by atoms with E-state index in [1.54, 1.807) is 16.7 Å². The topological polar surface area (TPSA) is 96.0 Å². The lowest BCUT2D eigenvalue weighted by atomic mass is 10.0. The summed E-state index contributed by atoms with van der Waals surface area (Å²) in [5.74, 6) is -0.830. The molecule has 1 atom stereocenters. The van der Waals surface area contributed by atoms with E-state index in [0.29, 0.717) is 45.6 Å². The zero-order valence-electron chi connectivity index (χ0n) is 18.0. The summed E-state index contributed by atoms with van der Waals surface area (Å²) in [6, 6.07) is 9.76. The molecule has 8 nitrogen and oxygen atoms in total. The smallest absolute Gasteiger partial charge is 0.306 e. The Hall–Kier alpha value is -2.90. The Morgan fingerprint density at radius 3 is 2.48 bits per heavy atom. The van der Waals surface area contributed by atoms with Crippen LogP contribution in [0.15, 0.2) is 30.3 Å². The average Bonchev–Trinajstić information content (AvgIpc) is 3.14. The van der Waals surface area contributed by atoms with Gasteiger partial charge in [-0.3, -0.25) is 19.2 Å². The van der Waals surface area contributed by atoms with Gasteiger partial charge in [0.2, 0.25) is 17.7 Å². The fourth-order valence-electron chi connectivity index (χ4n) is 4.10. The molecule has 2 aliphatic heterocycles. The minimum Gasteiger partial charge on any atom is -0.466 e. The zero-order valence-corrected chi connectivity index (χ0v) is 18.0. The largest absolute Gasteiger partial charge is 0.466 e. The number of hydrogen-bond acceptors (Lipinski definition) is 5. The molecule has 0 spiro atoms. The normalized spacial score (nSPS) is 19.4. The van der Waals surface area contributed by atoms with E-state index in [4.69, 9.17) is 4.74 Å². The SMILES string of the molecule is CCOC(=O)CCC(=O)N1CCC(NC(=O)C2CC(=O)N(Cc3ccccc3)C2)CC1. The highest BCUT2D eigenvalue weighted by Gasteiger charge is 2.35. The molecule has 1 aromatic rings. The number of piperidine rings is 1. The van der Waals surface area contributed by atoms with Crippen molar-refractivity contribution in [1.82, 2.24) is 15.1 Å². The highest BCUT2D eigenvalue weighted by molar-refractivity contribution is 5.89. The number of likely N-dealkylation sites (tertiary alicyclic amines) is 2. The van der Waals surface area contributed by atoms with E-state index in [1.165, 1.54) is 0 Å². The summed E-state index contributed by atoms with van der Waals surface area (Å²) < 4.78 is 4.85. The molecule has 2 fully saturated rings. The number of rotatable bonds is 8. The second-order valence-corrected chi connectivity index (χ2v) is 8.13. The van der Waals surface area contributed by atoms with Gasteiger partial charge in [-0.25, -0.2) is 0 Å². The van der Waals surface area contributed by atoms with E-state index in [0.717, 1.165) is 5.56 Å². The molecule has 3 rings (SSSR count). The molecule has 168 valence electrons. The van der Waals surface area contributed by atoms with Gasteiger partial charge < -0.3 is 19.9 Å². The first-order chi connectivity index (χ1) is 15.0. The Bertz CT molecular complexity index is 790. The first-order valence-electron chi connectivity index (χ1n) is 11.0. The molecule has 0 radical (unpaired) electrons. The number of benzene rings is 1. The summed E-state index contributed by atoms with van der Waals surface area (Å²) in [6.07, 6.45) is 1.83.